The summed E-state index contributed by atoms with van der Waals surface area (Å²) in [6.07, 6.45) is -4.68. The quantitative estimate of drug-likeness (QED) is 0.766. The Bertz CT molecular complexity index is 870. The average molecular weight is 337 g/mol. The molecule has 0 aliphatic heterocycles. The Morgan fingerprint density at radius 3 is 2.58 bits per heavy atom. The summed E-state index contributed by atoms with van der Waals surface area (Å²) in [6, 6.07) is 8.76. The number of rotatable bonds is 3. The highest BCUT2D eigenvalue weighted by Crippen LogP contribution is 2.27. The zero-order valence-corrected chi connectivity index (χ0v) is 12.2. The number of aromatic nitrogens is 4. The van der Waals surface area contributed by atoms with Gasteiger partial charge in [-0.3, -0.25) is 15.2 Å². The lowest BCUT2D eigenvalue weighted by Gasteiger charge is -2.02. The molecule has 1 aromatic carbocycles. The van der Waals surface area contributed by atoms with Crippen LogP contribution in [0.15, 0.2) is 34.9 Å². The summed E-state index contributed by atoms with van der Waals surface area (Å²) < 4.78 is 42.5. The number of hydrogen-bond acceptors (Lipinski definition) is 5. The number of carbonyl (C=O) groups is 1. The van der Waals surface area contributed by atoms with Crippen LogP contribution >= 0.6 is 0 Å². The van der Waals surface area contributed by atoms with Crippen molar-refractivity contribution in [2.45, 2.75) is 13.1 Å². The van der Waals surface area contributed by atoms with Crippen molar-refractivity contribution in [2.24, 2.45) is 0 Å². The highest BCUT2D eigenvalue weighted by Gasteiger charge is 2.35. The van der Waals surface area contributed by atoms with E-state index in [1.807, 2.05) is 0 Å². The van der Waals surface area contributed by atoms with Crippen LogP contribution in [0.2, 0.25) is 0 Å². The maximum atomic E-state index is 12.5. The lowest BCUT2D eigenvalue weighted by Crippen LogP contribution is -2.15. The molecule has 0 atom stereocenters. The number of aromatic amines is 1. The zero-order chi connectivity index (χ0) is 17.3. The fourth-order valence-corrected chi connectivity index (χ4v) is 2.04. The number of amides is 1. The van der Waals surface area contributed by atoms with Gasteiger partial charge in [-0.1, -0.05) is 35.5 Å². The molecule has 3 rings (SSSR count). The first-order valence-corrected chi connectivity index (χ1v) is 6.69. The molecule has 0 radical (unpaired) electrons. The second kappa shape index (κ2) is 5.80. The summed E-state index contributed by atoms with van der Waals surface area (Å²) in [4.78, 5) is 15.6. The molecule has 0 bridgehead atoms. The standard InChI is InChI=1S/C14H10F3N5O2/c1-7-9(10(22-24-7)8-5-3-2-4-6-8)11(23)18-13-19-12(20-21-13)14(15,16)17/h2-6H,1H3,(H2,18,19,20,21,23). The predicted octanol–water partition coefficient (Wildman–Crippen LogP) is 3.04. The third-order valence-corrected chi connectivity index (χ3v) is 3.12. The molecule has 0 aliphatic rings. The first-order chi connectivity index (χ1) is 11.4. The summed E-state index contributed by atoms with van der Waals surface area (Å²) in [5.74, 6) is -2.30. The zero-order valence-electron chi connectivity index (χ0n) is 12.2. The molecule has 7 nitrogen and oxygen atoms in total. The predicted molar refractivity (Wildman–Crippen MR) is 76.0 cm³/mol. The van der Waals surface area contributed by atoms with Gasteiger partial charge < -0.3 is 4.52 Å². The highest BCUT2D eigenvalue weighted by molar-refractivity contribution is 6.08. The van der Waals surface area contributed by atoms with Gasteiger partial charge >= 0.3 is 6.18 Å². The van der Waals surface area contributed by atoms with Crippen molar-refractivity contribution in [3.63, 3.8) is 0 Å². The number of carbonyl (C=O) groups excluding carboxylic acids is 1. The number of hydrogen-bond donors (Lipinski definition) is 2. The van der Waals surface area contributed by atoms with E-state index in [2.05, 4.69) is 20.6 Å². The number of halogens is 3. The molecule has 2 heterocycles. The van der Waals surface area contributed by atoms with Crippen molar-refractivity contribution in [2.75, 3.05) is 5.32 Å². The van der Waals surface area contributed by atoms with E-state index in [1.165, 1.54) is 6.92 Å². The Morgan fingerprint density at radius 1 is 1.25 bits per heavy atom. The summed E-state index contributed by atoms with van der Waals surface area (Å²) in [7, 11) is 0. The molecule has 1 amide bonds. The lowest BCUT2D eigenvalue weighted by atomic mass is 10.1. The summed E-state index contributed by atoms with van der Waals surface area (Å²) in [5.41, 5.74) is 1.00. The molecule has 24 heavy (non-hydrogen) atoms. The van der Waals surface area contributed by atoms with Gasteiger partial charge in [0.25, 0.3) is 5.91 Å². The molecule has 0 spiro atoms. The Kier molecular flexibility index (Phi) is 3.80. The molecule has 2 aromatic heterocycles. The van der Waals surface area contributed by atoms with Crippen molar-refractivity contribution in [1.29, 1.82) is 0 Å². The molecule has 0 aliphatic carbocycles. The molecule has 0 saturated heterocycles. The summed E-state index contributed by atoms with van der Waals surface area (Å²) in [5, 5.41) is 11.1. The van der Waals surface area contributed by atoms with Gasteiger partial charge in [0.05, 0.1) is 0 Å². The number of alkyl halides is 3. The molecule has 0 fully saturated rings. The van der Waals surface area contributed by atoms with Crippen LogP contribution in [0.25, 0.3) is 11.3 Å². The number of H-pyrrole nitrogens is 1. The minimum atomic E-state index is -4.68. The van der Waals surface area contributed by atoms with E-state index >= 15 is 0 Å². The Morgan fingerprint density at radius 2 is 1.96 bits per heavy atom. The van der Waals surface area contributed by atoms with Gasteiger partial charge in [-0.25, -0.2) is 0 Å². The first kappa shape index (κ1) is 15.7. The van der Waals surface area contributed by atoms with Crippen LogP contribution in [-0.2, 0) is 6.18 Å². The third-order valence-electron chi connectivity index (χ3n) is 3.12. The van der Waals surface area contributed by atoms with Gasteiger partial charge in [0.15, 0.2) is 0 Å². The monoisotopic (exact) mass is 337 g/mol. The molecule has 0 unspecified atom stereocenters. The van der Waals surface area contributed by atoms with Crippen LogP contribution in [0.5, 0.6) is 0 Å². The lowest BCUT2D eigenvalue weighted by molar-refractivity contribution is -0.144. The second-order valence-corrected chi connectivity index (χ2v) is 4.79. The Labute approximate surface area is 132 Å². The molecule has 2 N–H and O–H groups in total. The van der Waals surface area contributed by atoms with Gasteiger partial charge in [-0.2, -0.15) is 18.2 Å². The van der Waals surface area contributed by atoms with Gasteiger partial charge in [0, 0.05) is 5.56 Å². The van der Waals surface area contributed by atoms with Gasteiger partial charge in [0.2, 0.25) is 11.8 Å². The van der Waals surface area contributed by atoms with Crippen LogP contribution in [0.3, 0.4) is 0 Å². The number of benzene rings is 1. The Balaban J connectivity index is 1.89. The van der Waals surface area contributed by atoms with Gasteiger partial charge in [-0.05, 0) is 6.92 Å². The van der Waals surface area contributed by atoms with Crippen LogP contribution in [-0.4, -0.2) is 26.2 Å². The van der Waals surface area contributed by atoms with Crippen molar-refractivity contribution < 1.29 is 22.5 Å². The fourth-order valence-electron chi connectivity index (χ4n) is 2.04. The normalized spacial score (nSPS) is 11.5. The van der Waals surface area contributed by atoms with Crippen molar-refractivity contribution in [3.8, 4) is 11.3 Å². The number of nitrogens with zero attached hydrogens (tertiary/aromatic N) is 3. The molecule has 3 aromatic rings. The summed E-state index contributed by atoms with van der Waals surface area (Å²) >= 11 is 0. The maximum Gasteiger partial charge on any atom is 0.451 e. The molecular weight excluding hydrogens is 327 g/mol. The minimum Gasteiger partial charge on any atom is -0.360 e. The second-order valence-electron chi connectivity index (χ2n) is 4.79. The molecule has 0 saturated carbocycles. The minimum absolute atomic E-state index is 0.0968. The van der Waals surface area contributed by atoms with E-state index in [1.54, 1.807) is 35.4 Å². The average Bonchev–Trinajstić information content (AvgIpc) is 3.14. The SMILES string of the molecule is Cc1onc(-c2ccccc2)c1C(=O)Nc1n[nH]c(C(F)(F)F)n1. The first-order valence-electron chi connectivity index (χ1n) is 6.69. The largest absolute Gasteiger partial charge is 0.451 e. The van der Waals surface area contributed by atoms with Gasteiger partial charge in [-0.15, -0.1) is 5.10 Å². The van der Waals surface area contributed by atoms with E-state index in [4.69, 9.17) is 4.52 Å². The number of anilines is 1. The van der Waals surface area contributed by atoms with Crippen LogP contribution in [0.1, 0.15) is 21.9 Å². The van der Waals surface area contributed by atoms with Gasteiger partial charge in [0.1, 0.15) is 17.0 Å². The van der Waals surface area contributed by atoms with Crippen LogP contribution < -0.4 is 5.32 Å². The maximum absolute atomic E-state index is 12.5. The number of nitrogens with one attached hydrogen (secondary N) is 2. The van der Waals surface area contributed by atoms with E-state index in [9.17, 15) is 18.0 Å². The van der Waals surface area contributed by atoms with E-state index in [-0.39, 0.29) is 17.0 Å². The molecule has 10 heteroatoms. The fraction of sp³-hybridized carbons (Fsp3) is 0.143. The highest BCUT2D eigenvalue weighted by atomic mass is 19.4. The van der Waals surface area contributed by atoms with Crippen LogP contribution in [0, 0.1) is 6.92 Å². The van der Waals surface area contributed by atoms with Crippen molar-refractivity contribution in [1.82, 2.24) is 20.3 Å². The third kappa shape index (κ3) is 2.98. The topological polar surface area (TPSA) is 96.7 Å². The summed E-state index contributed by atoms with van der Waals surface area (Å²) in [6.45, 7) is 1.52. The van der Waals surface area contributed by atoms with E-state index in [0.717, 1.165) is 0 Å². The molecule has 124 valence electrons. The number of aryl methyl sites for hydroxylation is 1. The smallest absolute Gasteiger partial charge is 0.360 e. The Hall–Kier alpha value is -3.17. The molecular formula is C14H10F3N5O2. The van der Waals surface area contributed by atoms with Crippen molar-refractivity contribution >= 4 is 11.9 Å². The van der Waals surface area contributed by atoms with Crippen LogP contribution in [0.4, 0.5) is 19.1 Å². The van der Waals surface area contributed by atoms with Crippen molar-refractivity contribution in [3.05, 3.63) is 47.5 Å². The van der Waals surface area contributed by atoms with E-state index in [0.29, 0.717) is 5.56 Å². The van der Waals surface area contributed by atoms with E-state index < -0.39 is 23.9 Å².